The summed E-state index contributed by atoms with van der Waals surface area (Å²) in [5.41, 5.74) is 1.29. The highest BCUT2D eigenvalue weighted by atomic mass is 35.5. The predicted octanol–water partition coefficient (Wildman–Crippen LogP) is 3.96. The van der Waals surface area contributed by atoms with E-state index in [1.54, 1.807) is 0 Å². The first-order valence-electron chi connectivity index (χ1n) is 6.77. The minimum atomic E-state index is 0.920. The summed E-state index contributed by atoms with van der Waals surface area (Å²) in [7, 11) is 0. The highest BCUT2D eigenvalue weighted by molar-refractivity contribution is 6.31. The summed E-state index contributed by atoms with van der Waals surface area (Å²) in [5.74, 6) is 1.88. The zero-order valence-electron chi connectivity index (χ0n) is 10.2. The lowest BCUT2D eigenvalue weighted by Gasteiger charge is -2.22. The molecule has 2 aliphatic heterocycles. The van der Waals surface area contributed by atoms with Crippen LogP contribution in [0.25, 0.3) is 0 Å². The molecule has 0 atom stereocenters. The van der Waals surface area contributed by atoms with Crippen LogP contribution in [0.2, 0.25) is 5.02 Å². The summed E-state index contributed by atoms with van der Waals surface area (Å²) in [6, 6.07) is 8.27. The molecular formula is C15H20ClN. The van der Waals surface area contributed by atoms with E-state index < -0.39 is 0 Å². The summed E-state index contributed by atoms with van der Waals surface area (Å²) in [5, 5.41) is 0.920. The fraction of sp³-hybridized carbons (Fsp3) is 0.600. The van der Waals surface area contributed by atoms with Crippen molar-refractivity contribution in [3.63, 3.8) is 0 Å². The maximum absolute atomic E-state index is 6.25. The number of hydrogen-bond donors (Lipinski definition) is 0. The van der Waals surface area contributed by atoms with Crippen LogP contribution in [0.4, 0.5) is 0 Å². The van der Waals surface area contributed by atoms with Crippen LogP contribution in [0.3, 0.4) is 0 Å². The maximum atomic E-state index is 6.25. The van der Waals surface area contributed by atoms with Gasteiger partial charge in [-0.15, -0.1) is 0 Å². The molecule has 2 saturated heterocycles. The Bertz CT molecular complexity index is 368. The maximum Gasteiger partial charge on any atom is 0.0451 e. The molecule has 2 bridgehead atoms. The second-order valence-electron chi connectivity index (χ2n) is 5.67. The molecule has 0 amide bonds. The van der Waals surface area contributed by atoms with Gasteiger partial charge in [0.2, 0.25) is 0 Å². The van der Waals surface area contributed by atoms with Crippen molar-refractivity contribution in [3.8, 4) is 0 Å². The molecule has 1 aromatic carbocycles. The van der Waals surface area contributed by atoms with E-state index in [9.17, 15) is 0 Å². The van der Waals surface area contributed by atoms with Gasteiger partial charge in [0.05, 0.1) is 0 Å². The molecule has 3 aliphatic rings. The first kappa shape index (κ1) is 11.6. The molecule has 1 saturated carbocycles. The number of nitrogens with zero attached hydrogens (tertiary/aromatic N) is 1. The van der Waals surface area contributed by atoms with E-state index in [0.717, 1.165) is 23.4 Å². The van der Waals surface area contributed by atoms with Crippen LogP contribution in [-0.2, 0) is 6.54 Å². The van der Waals surface area contributed by atoms with Crippen LogP contribution in [0.1, 0.15) is 31.2 Å². The van der Waals surface area contributed by atoms with Gasteiger partial charge in [-0.1, -0.05) is 29.8 Å². The van der Waals surface area contributed by atoms with Gasteiger partial charge >= 0.3 is 0 Å². The zero-order valence-corrected chi connectivity index (χ0v) is 11.0. The second-order valence-corrected chi connectivity index (χ2v) is 6.08. The molecule has 2 heteroatoms. The third kappa shape index (κ3) is 2.66. The summed E-state index contributed by atoms with van der Waals surface area (Å²) in [6.07, 6.45) is 5.79. The highest BCUT2D eigenvalue weighted by Gasteiger charge is 2.29. The first-order chi connectivity index (χ1) is 8.31. The molecular weight excluding hydrogens is 230 g/mol. The van der Waals surface area contributed by atoms with Gasteiger partial charge < -0.3 is 0 Å². The molecule has 1 aliphatic carbocycles. The van der Waals surface area contributed by atoms with Crippen LogP contribution in [0.15, 0.2) is 24.3 Å². The van der Waals surface area contributed by atoms with Gasteiger partial charge in [-0.3, -0.25) is 4.90 Å². The van der Waals surface area contributed by atoms with E-state index in [2.05, 4.69) is 17.0 Å². The van der Waals surface area contributed by atoms with Gasteiger partial charge in [-0.25, -0.2) is 0 Å². The Labute approximate surface area is 109 Å². The Kier molecular flexibility index (Phi) is 3.39. The van der Waals surface area contributed by atoms with Crippen molar-refractivity contribution in [2.45, 2.75) is 32.2 Å². The van der Waals surface area contributed by atoms with Crippen LogP contribution in [0.5, 0.6) is 0 Å². The van der Waals surface area contributed by atoms with Crippen LogP contribution in [0, 0.1) is 11.8 Å². The molecule has 3 fully saturated rings. The van der Waals surface area contributed by atoms with Crippen molar-refractivity contribution in [2.75, 3.05) is 13.1 Å². The summed E-state index contributed by atoms with van der Waals surface area (Å²) < 4.78 is 0. The SMILES string of the molecule is Clc1ccccc1CN1CC2CCC(CC2)C1. The van der Waals surface area contributed by atoms with Crippen LogP contribution in [-0.4, -0.2) is 18.0 Å². The first-order valence-corrected chi connectivity index (χ1v) is 7.15. The van der Waals surface area contributed by atoms with Crippen molar-refractivity contribution < 1.29 is 0 Å². The molecule has 0 unspecified atom stereocenters. The topological polar surface area (TPSA) is 3.24 Å². The van der Waals surface area contributed by atoms with E-state index in [1.165, 1.54) is 44.3 Å². The fourth-order valence-corrected chi connectivity index (χ4v) is 3.59. The van der Waals surface area contributed by atoms with E-state index in [1.807, 2.05) is 12.1 Å². The molecule has 0 spiro atoms. The molecule has 0 radical (unpaired) electrons. The van der Waals surface area contributed by atoms with Crippen LogP contribution >= 0.6 is 11.6 Å². The minimum absolute atomic E-state index is 0.920. The lowest BCUT2D eigenvalue weighted by Crippen LogP contribution is -2.28. The Morgan fingerprint density at radius 2 is 1.59 bits per heavy atom. The zero-order chi connectivity index (χ0) is 11.7. The number of hydrogen-bond acceptors (Lipinski definition) is 1. The van der Waals surface area contributed by atoms with E-state index in [0.29, 0.717) is 0 Å². The number of fused-ring (bicyclic) bond motifs is 4. The smallest absolute Gasteiger partial charge is 0.0451 e. The van der Waals surface area contributed by atoms with Gasteiger partial charge in [-0.2, -0.15) is 0 Å². The van der Waals surface area contributed by atoms with Crippen molar-refractivity contribution >= 4 is 11.6 Å². The third-order valence-corrected chi connectivity index (χ3v) is 4.72. The van der Waals surface area contributed by atoms with Crippen molar-refractivity contribution in [1.29, 1.82) is 0 Å². The largest absolute Gasteiger partial charge is 0.298 e. The molecule has 92 valence electrons. The lowest BCUT2D eigenvalue weighted by atomic mass is 9.84. The monoisotopic (exact) mass is 249 g/mol. The third-order valence-electron chi connectivity index (χ3n) is 4.35. The van der Waals surface area contributed by atoms with E-state index in [4.69, 9.17) is 11.6 Å². The molecule has 4 rings (SSSR count). The summed E-state index contributed by atoms with van der Waals surface area (Å²) in [4.78, 5) is 2.62. The molecule has 0 N–H and O–H groups in total. The van der Waals surface area contributed by atoms with Crippen molar-refractivity contribution in [2.24, 2.45) is 11.8 Å². The normalized spacial score (nSPS) is 29.2. The summed E-state index contributed by atoms with van der Waals surface area (Å²) in [6.45, 7) is 3.59. The molecule has 1 nitrogen and oxygen atoms in total. The van der Waals surface area contributed by atoms with E-state index >= 15 is 0 Å². The molecule has 2 heterocycles. The predicted molar refractivity (Wildman–Crippen MR) is 72.2 cm³/mol. The standard InChI is InChI=1S/C15H20ClN/c16-15-4-2-1-3-14(15)11-17-9-12-5-6-13(10-17)8-7-12/h1-4,12-13H,5-11H2. The van der Waals surface area contributed by atoms with Crippen molar-refractivity contribution in [1.82, 2.24) is 4.90 Å². The molecule has 1 aromatic rings. The molecule has 17 heavy (non-hydrogen) atoms. The van der Waals surface area contributed by atoms with Crippen molar-refractivity contribution in [3.05, 3.63) is 34.9 Å². The quantitative estimate of drug-likeness (QED) is 0.767. The molecule has 0 aromatic heterocycles. The Balaban J connectivity index is 1.71. The van der Waals surface area contributed by atoms with E-state index in [-0.39, 0.29) is 0 Å². The summed E-state index contributed by atoms with van der Waals surface area (Å²) >= 11 is 6.25. The van der Waals surface area contributed by atoms with Gasteiger partial charge in [0.1, 0.15) is 0 Å². The number of rotatable bonds is 2. The van der Waals surface area contributed by atoms with Crippen LogP contribution < -0.4 is 0 Å². The Hall–Kier alpha value is -0.530. The number of halogens is 1. The van der Waals surface area contributed by atoms with Gasteiger partial charge in [0.25, 0.3) is 0 Å². The van der Waals surface area contributed by atoms with Gasteiger partial charge in [-0.05, 0) is 49.1 Å². The Morgan fingerprint density at radius 1 is 1.00 bits per heavy atom. The minimum Gasteiger partial charge on any atom is -0.298 e. The average molecular weight is 250 g/mol. The second kappa shape index (κ2) is 4.99. The average Bonchev–Trinajstić information content (AvgIpc) is 2.64. The lowest BCUT2D eigenvalue weighted by molar-refractivity contribution is 0.244. The number of benzene rings is 1. The fourth-order valence-electron chi connectivity index (χ4n) is 3.40. The van der Waals surface area contributed by atoms with Gasteiger partial charge in [0, 0.05) is 24.7 Å². The Morgan fingerprint density at radius 3 is 2.18 bits per heavy atom. The van der Waals surface area contributed by atoms with Gasteiger partial charge in [0.15, 0.2) is 0 Å². The highest BCUT2D eigenvalue weighted by Crippen LogP contribution is 2.34.